The number of piperidine rings is 1. The Balaban J connectivity index is 2.10. The van der Waals surface area contributed by atoms with E-state index in [9.17, 15) is 4.79 Å². The molecule has 3 nitrogen and oxygen atoms in total. The highest BCUT2D eigenvalue weighted by Gasteiger charge is 2.21. The molecule has 0 radical (unpaired) electrons. The van der Waals surface area contributed by atoms with Gasteiger partial charge in [0.25, 0.3) is 5.91 Å². The average Bonchev–Trinajstić information content (AvgIpc) is 2.88. The Bertz CT molecular complexity index is 464. The Morgan fingerprint density at radius 1 is 1.39 bits per heavy atom. The smallest absolute Gasteiger partial charge is 0.265 e. The summed E-state index contributed by atoms with van der Waals surface area (Å²) in [6.07, 6.45) is 3.87. The maximum atomic E-state index is 12.3. The average molecular weight is 263 g/mol. The number of rotatable bonds is 2. The maximum absolute atomic E-state index is 12.3. The molecule has 1 aliphatic rings. The summed E-state index contributed by atoms with van der Waals surface area (Å²) in [4.78, 5) is 15.0. The molecule has 0 unspecified atom stereocenters. The van der Waals surface area contributed by atoms with Crippen molar-refractivity contribution < 1.29 is 9.90 Å². The van der Waals surface area contributed by atoms with E-state index < -0.39 is 0 Å². The molecule has 0 atom stereocenters. The first-order valence-electron chi connectivity index (χ1n) is 6.29. The number of nitrogens with zero attached hydrogens (tertiary/aromatic N) is 1. The molecule has 1 amide bonds. The largest absolute Gasteiger partial charge is 0.395 e. The van der Waals surface area contributed by atoms with Crippen molar-refractivity contribution in [1.82, 2.24) is 4.90 Å². The van der Waals surface area contributed by atoms with Gasteiger partial charge in [-0.1, -0.05) is 11.8 Å². The van der Waals surface area contributed by atoms with Gasteiger partial charge >= 0.3 is 0 Å². The van der Waals surface area contributed by atoms with E-state index in [1.54, 1.807) is 0 Å². The summed E-state index contributed by atoms with van der Waals surface area (Å²) < 4.78 is 0. The van der Waals surface area contributed by atoms with Crippen LogP contribution in [-0.2, 0) is 0 Å². The molecule has 2 heterocycles. The van der Waals surface area contributed by atoms with Crippen molar-refractivity contribution in [2.24, 2.45) is 0 Å². The molecule has 2 rings (SSSR count). The van der Waals surface area contributed by atoms with Gasteiger partial charge in [-0.2, -0.15) is 0 Å². The van der Waals surface area contributed by atoms with Crippen LogP contribution in [0.2, 0.25) is 0 Å². The van der Waals surface area contributed by atoms with Gasteiger partial charge in [-0.25, -0.2) is 0 Å². The number of aliphatic hydroxyl groups is 1. The summed E-state index contributed by atoms with van der Waals surface area (Å²) in [5.41, 5.74) is 0.795. The number of hydrogen-bond acceptors (Lipinski definition) is 3. The van der Waals surface area contributed by atoms with E-state index in [4.69, 9.17) is 5.11 Å². The van der Waals surface area contributed by atoms with E-state index in [1.807, 2.05) is 16.3 Å². The highest BCUT2D eigenvalue weighted by molar-refractivity contribution is 7.12. The number of thiophene rings is 1. The molecule has 18 heavy (non-hydrogen) atoms. The third-order valence-corrected chi connectivity index (χ3v) is 3.87. The van der Waals surface area contributed by atoms with Gasteiger partial charge < -0.3 is 10.0 Å². The minimum atomic E-state index is 0.0620. The van der Waals surface area contributed by atoms with Crippen molar-refractivity contribution in [3.63, 3.8) is 0 Å². The van der Waals surface area contributed by atoms with Crippen LogP contribution in [0.1, 0.15) is 40.9 Å². The van der Waals surface area contributed by atoms with Crippen LogP contribution < -0.4 is 0 Å². The second-order valence-electron chi connectivity index (χ2n) is 4.29. The van der Waals surface area contributed by atoms with Gasteiger partial charge in [0.1, 0.15) is 4.88 Å². The van der Waals surface area contributed by atoms with Crippen molar-refractivity contribution in [3.8, 4) is 11.8 Å². The van der Waals surface area contributed by atoms with E-state index in [0.717, 1.165) is 36.4 Å². The predicted octanol–water partition coefficient (Wildman–Crippen LogP) is 2.11. The molecule has 0 aromatic carbocycles. The standard InChI is InChI=1S/C14H17NO2S/c16-10-5-2-6-12-7-11-18-13(12)14(17)15-8-3-1-4-9-15/h7,11,16H,1,3-5,8-10H2. The van der Waals surface area contributed by atoms with E-state index in [0.29, 0.717) is 6.42 Å². The lowest BCUT2D eigenvalue weighted by molar-refractivity contribution is 0.0729. The topological polar surface area (TPSA) is 40.5 Å². The predicted molar refractivity (Wildman–Crippen MR) is 72.7 cm³/mol. The van der Waals surface area contributed by atoms with Crippen LogP contribution in [0.15, 0.2) is 11.4 Å². The van der Waals surface area contributed by atoms with Crippen molar-refractivity contribution >= 4 is 17.2 Å². The zero-order valence-electron chi connectivity index (χ0n) is 10.3. The summed E-state index contributed by atoms with van der Waals surface area (Å²) in [6.45, 7) is 1.78. The number of hydrogen-bond donors (Lipinski definition) is 1. The van der Waals surface area contributed by atoms with E-state index >= 15 is 0 Å². The zero-order valence-corrected chi connectivity index (χ0v) is 11.1. The first kappa shape index (κ1) is 13.1. The molecule has 4 heteroatoms. The molecule has 0 aliphatic carbocycles. The van der Waals surface area contributed by atoms with E-state index in [-0.39, 0.29) is 12.5 Å². The lowest BCUT2D eigenvalue weighted by Crippen LogP contribution is -2.35. The van der Waals surface area contributed by atoms with Crippen LogP contribution in [0.4, 0.5) is 0 Å². The molecule has 0 spiro atoms. The summed E-state index contributed by atoms with van der Waals surface area (Å²) in [5, 5.41) is 10.6. The van der Waals surface area contributed by atoms with Gasteiger partial charge in [-0.3, -0.25) is 4.79 Å². The lowest BCUT2D eigenvalue weighted by atomic mass is 10.1. The molecular formula is C14H17NO2S. The number of carbonyl (C=O) groups excluding carboxylic acids is 1. The highest BCUT2D eigenvalue weighted by Crippen LogP contribution is 2.20. The maximum Gasteiger partial charge on any atom is 0.265 e. The molecule has 1 aromatic rings. The SMILES string of the molecule is O=C(c1sccc1C#CCCO)N1CCCCC1. The van der Waals surface area contributed by atoms with Crippen LogP contribution >= 0.6 is 11.3 Å². The summed E-state index contributed by atoms with van der Waals surface area (Å²) >= 11 is 1.45. The number of likely N-dealkylation sites (tertiary alicyclic amines) is 1. The number of aliphatic hydroxyl groups excluding tert-OH is 1. The van der Waals surface area contributed by atoms with E-state index in [2.05, 4.69) is 11.8 Å². The monoisotopic (exact) mass is 263 g/mol. The van der Waals surface area contributed by atoms with Gasteiger partial charge in [0.15, 0.2) is 0 Å². The van der Waals surface area contributed by atoms with Crippen LogP contribution in [0, 0.1) is 11.8 Å². The Hall–Kier alpha value is -1.31. The molecule has 96 valence electrons. The fourth-order valence-corrected chi connectivity index (χ4v) is 2.84. The van der Waals surface area contributed by atoms with Crippen LogP contribution in [0.5, 0.6) is 0 Å². The van der Waals surface area contributed by atoms with Crippen molar-refractivity contribution in [2.45, 2.75) is 25.7 Å². The van der Waals surface area contributed by atoms with Crippen LogP contribution in [0.3, 0.4) is 0 Å². The van der Waals surface area contributed by atoms with Crippen LogP contribution in [-0.4, -0.2) is 35.6 Å². The van der Waals surface area contributed by atoms with Crippen LogP contribution in [0.25, 0.3) is 0 Å². The molecule has 1 fully saturated rings. The summed E-state index contributed by atoms with van der Waals surface area (Å²) in [7, 11) is 0. The fraction of sp³-hybridized carbons (Fsp3) is 0.500. The van der Waals surface area contributed by atoms with Gasteiger partial charge in [-0.15, -0.1) is 11.3 Å². The number of carbonyl (C=O) groups is 1. The lowest BCUT2D eigenvalue weighted by Gasteiger charge is -2.26. The Morgan fingerprint density at radius 2 is 2.17 bits per heavy atom. The normalized spacial score (nSPS) is 15.1. The third-order valence-electron chi connectivity index (χ3n) is 2.96. The molecular weight excluding hydrogens is 246 g/mol. The van der Waals surface area contributed by atoms with Crippen molar-refractivity contribution in [2.75, 3.05) is 19.7 Å². The van der Waals surface area contributed by atoms with Crippen molar-refractivity contribution in [3.05, 3.63) is 21.9 Å². The molecule has 1 aliphatic heterocycles. The quantitative estimate of drug-likeness (QED) is 0.830. The molecule has 0 saturated carbocycles. The third kappa shape index (κ3) is 3.12. The minimum absolute atomic E-state index is 0.0620. The zero-order chi connectivity index (χ0) is 12.8. The van der Waals surface area contributed by atoms with E-state index in [1.165, 1.54) is 17.8 Å². The van der Waals surface area contributed by atoms with Gasteiger partial charge in [0.2, 0.25) is 0 Å². The minimum Gasteiger partial charge on any atom is -0.395 e. The Morgan fingerprint density at radius 3 is 2.89 bits per heavy atom. The molecule has 1 aromatic heterocycles. The molecule has 1 saturated heterocycles. The highest BCUT2D eigenvalue weighted by atomic mass is 32.1. The molecule has 0 bridgehead atoms. The summed E-state index contributed by atoms with van der Waals surface area (Å²) in [5.74, 6) is 5.95. The second-order valence-corrected chi connectivity index (χ2v) is 5.21. The fourth-order valence-electron chi connectivity index (χ4n) is 2.03. The first-order chi connectivity index (χ1) is 8.83. The first-order valence-corrected chi connectivity index (χ1v) is 7.17. The second kappa shape index (κ2) is 6.58. The van der Waals surface area contributed by atoms with Crippen molar-refractivity contribution in [1.29, 1.82) is 0 Å². The van der Waals surface area contributed by atoms with Gasteiger partial charge in [0, 0.05) is 25.1 Å². The molecule has 1 N–H and O–H groups in total. The Labute approximate surface area is 111 Å². The number of amides is 1. The Kier molecular flexibility index (Phi) is 4.80. The summed E-state index contributed by atoms with van der Waals surface area (Å²) in [6, 6.07) is 1.88. The van der Waals surface area contributed by atoms with Gasteiger partial charge in [0.05, 0.1) is 6.61 Å². The van der Waals surface area contributed by atoms with Gasteiger partial charge in [-0.05, 0) is 30.7 Å².